The molecule has 0 aromatic heterocycles. The van der Waals surface area contributed by atoms with Gasteiger partial charge in [-0.15, -0.1) is 0 Å². The Morgan fingerprint density at radius 2 is 1.80 bits per heavy atom. The maximum absolute atomic E-state index is 12.4. The van der Waals surface area contributed by atoms with Crippen LogP contribution in [0.3, 0.4) is 0 Å². The summed E-state index contributed by atoms with van der Waals surface area (Å²) < 4.78 is -1.93. The fourth-order valence-electron chi connectivity index (χ4n) is 1.98. The lowest BCUT2D eigenvalue weighted by molar-refractivity contribution is -0.385. The summed E-state index contributed by atoms with van der Waals surface area (Å²) in [6.45, 7) is 0. The van der Waals surface area contributed by atoms with Crippen molar-refractivity contribution in [2.45, 2.75) is 9.96 Å². The first-order valence-corrected chi connectivity index (χ1v) is 8.33. The Labute approximate surface area is 163 Å². The van der Waals surface area contributed by atoms with Crippen LogP contribution in [0.5, 0.6) is 0 Å². The number of hydrogen-bond donors (Lipinski definition) is 2. The van der Waals surface area contributed by atoms with E-state index in [2.05, 4.69) is 10.6 Å². The summed E-state index contributed by atoms with van der Waals surface area (Å²) in [5, 5.41) is 16.8. The number of amides is 1. The SMILES string of the molecule is O=C(N[C@H](Nc1cccc(Cl)c1)C(Cl)(Cl)Cl)c1ccccc1[N+](=O)[O-]. The first kappa shape index (κ1) is 19.6. The van der Waals surface area contributed by atoms with Gasteiger partial charge in [-0.05, 0) is 24.3 Å². The van der Waals surface area contributed by atoms with Crippen LogP contribution in [-0.2, 0) is 0 Å². The van der Waals surface area contributed by atoms with E-state index in [-0.39, 0.29) is 11.3 Å². The topological polar surface area (TPSA) is 84.3 Å². The second-order valence-electron chi connectivity index (χ2n) is 4.88. The summed E-state index contributed by atoms with van der Waals surface area (Å²) >= 11 is 23.6. The molecule has 0 aliphatic rings. The fourth-order valence-corrected chi connectivity index (χ4v) is 2.50. The Hall–Kier alpha value is -1.73. The second kappa shape index (κ2) is 8.10. The number of rotatable bonds is 5. The van der Waals surface area contributed by atoms with Gasteiger partial charge in [-0.2, -0.15) is 0 Å². The molecule has 2 rings (SSSR count). The van der Waals surface area contributed by atoms with Gasteiger partial charge in [-0.3, -0.25) is 14.9 Å². The maximum Gasteiger partial charge on any atom is 0.282 e. The van der Waals surface area contributed by atoms with E-state index in [0.717, 1.165) is 0 Å². The number of carbonyl (C=O) groups excluding carboxylic acids is 1. The number of nitro benzene ring substituents is 1. The molecule has 2 aromatic rings. The van der Waals surface area contributed by atoms with Crippen LogP contribution in [0.25, 0.3) is 0 Å². The van der Waals surface area contributed by atoms with Gasteiger partial charge in [0.15, 0.2) is 0 Å². The Morgan fingerprint density at radius 3 is 2.40 bits per heavy atom. The van der Waals surface area contributed by atoms with Crippen molar-refractivity contribution in [1.29, 1.82) is 0 Å². The van der Waals surface area contributed by atoms with E-state index < -0.39 is 20.8 Å². The third-order valence-corrected chi connectivity index (χ3v) is 3.97. The molecule has 0 aliphatic carbocycles. The highest BCUT2D eigenvalue weighted by Crippen LogP contribution is 2.32. The molecule has 0 saturated heterocycles. The molecule has 2 aromatic carbocycles. The maximum atomic E-state index is 12.4. The standard InChI is InChI=1S/C15H11Cl4N3O3/c16-9-4-3-5-10(8-9)20-14(15(17,18)19)21-13(23)11-6-1-2-7-12(11)22(24)25/h1-8,14,20H,(H,21,23)/t14-/m0/s1. The average molecular weight is 423 g/mol. The Kier molecular flexibility index (Phi) is 6.35. The average Bonchev–Trinajstić information content (AvgIpc) is 2.53. The first-order chi connectivity index (χ1) is 11.7. The van der Waals surface area contributed by atoms with Crippen molar-refractivity contribution >= 4 is 63.7 Å². The summed E-state index contributed by atoms with van der Waals surface area (Å²) in [4.78, 5) is 22.8. The minimum atomic E-state index is -1.93. The number of halogens is 4. The highest BCUT2D eigenvalue weighted by atomic mass is 35.6. The number of carbonyl (C=O) groups is 1. The van der Waals surface area contributed by atoms with Crippen LogP contribution in [0.4, 0.5) is 11.4 Å². The summed E-state index contributed by atoms with van der Waals surface area (Å²) in [7, 11) is 0. The molecule has 0 radical (unpaired) electrons. The van der Waals surface area contributed by atoms with E-state index in [9.17, 15) is 14.9 Å². The summed E-state index contributed by atoms with van der Waals surface area (Å²) in [5.74, 6) is -0.766. The van der Waals surface area contributed by atoms with E-state index in [1.807, 2.05) is 0 Å². The van der Waals surface area contributed by atoms with Gasteiger partial charge in [0.1, 0.15) is 11.7 Å². The number of nitro groups is 1. The quantitative estimate of drug-likeness (QED) is 0.314. The van der Waals surface area contributed by atoms with Crippen molar-refractivity contribution in [1.82, 2.24) is 5.32 Å². The summed E-state index contributed by atoms with van der Waals surface area (Å²) in [6.07, 6.45) is -1.16. The normalized spacial score (nSPS) is 12.3. The van der Waals surface area contributed by atoms with Gasteiger partial charge in [0.05, 0.1) is 4.92 Å². The first-order valence-electron chi connectivity index (χ1n) is 6.81. The molecule has 25 heavy (non-hydrogen) atoms. The number of nitrogens with one attached hydrogen (secondary N) is 2. The van der Waals surface area contributed by atoms with Gasteiger partial charge in [0.25, 0.3) is 11.6 Å². The van der Waals surface area contributed by atoms with Crippen LogP contribution >= 0.6 is 46.4 Å². The van der Waals surface area contributed by atoms with E-state index in [1.54, 1.807) is 24.3 Å². The Bertz CT molecular complexity index is 796. The third kappa shape index (κ3) is 5.37. The van der Waals surface area contributed by atoms with Gasteiger partial charge in [0, 0.05) is 16.8 Å². The number of para-hydroxylation sites is 1. The number of hydrogen-bond acceptors (Lipinski definition) is 4. The van der Waals surface area contributed by atoms with E-state index in [1.165, 1.54) is 24.3 Å². The van der Waals surface area contributed by atoms with Gasteiger partial charge in [-0.25, -0.2) is 0 Å². The lowest BCUT2D eigenvalue weighted by atomic mass is 10.1. The fraction of sp³-hybridized carbons (Fsp3) is 0.133. The zero-order chi connectivity index (χ0) is 18.6. The zero-order valence-corrected chi connectivity index (χ0v) is 15.4. The molecule has 0 unspecified atom stereocenters. The third-order valence-electron chi connectivity index (χ3n) is 3.08. The molecule has 0 bridgehead atoms. The van der Waals surface area contributed by atoms with Crippen molar-refractivity contribution in [2.24, 2.45) is 0 Å². The lowest BCUT2D eigenvalue weighted by Crippen LogP contribution is -2.49. The van der Waals surface area contributed by atoms with E-state index in [0.29, 0.717) is 10.7 Å². The monoisotopic (exact) mass is 421 g/mol. The highest BCUT2D eigenvalue weighted by molar-refractivity contribution is 6.68. The molecule has 1 amide bonds. The van der Waals surface area contributed by atoms with Gasteiger partial charge < -0.3 is 10.6 Å². The molecule has 132 valence electrons. The van der Waals surface area contributed by atoms with Crippen LogP contribution in [0.15, 0.2) is 48.5 Å². The predicted molar refractivity (Wildman–Crippen MR) is 99.7 cm³/mol. The molecule has 10 heteroatoms. The van der Waals surface area contributed by atoms with Crippen molar-refractivity contribution < 1.29 is 9.72 Å². The molecular weight excluding hydrogens is 412 g/mol. The van der Waals surface area contributed by atoms with Crippen molar-refractivity contribution in [3.63, 3.8) is 0 Å². The largest absolute Gasteiger partial charge is 0.362 e. The second-order valence-corrected chi connectivity index (χ2v) is 7.68. The molecular formula is C15H11Cl4N3O3. The lowest BCUT2D eigenvalue weighted by Gasteiger charge is -2.27. The molecule has 2 N–H and O–H groups in total. The Morgan fingerprint density at radius 1 is 1.12 bits per heavy atom. The predicted octanol–water partition coefficient (Wildman–Crippen LogP) is 4.79. The van der Waals surface area contributed by atoms with Crippen molar-refractivity contribution in [3.8, 4) is 0 Å². The van der Waals surface area contributed by atoms with Gasteiger partial charge in [0.2, 0.25) is 3.79 Å². The van der Waals surface area contributed by atoms with E-state index >= 15 is 0 Å². The van der Waals surface area contributed by atoms with Crippen molar-refractivity contribution in [2.75, 3.05) is 5.32 Å². The van der Waals surface area contributed by atoms with Crippen LogP contribution in [0.2, 0.25) is 5.02 Å². The molecule has 0 fully saturated rings. The Balaban J connectivity index is 2.26. The minimum absolute atomic E-state index is 0.153. The van der Waals surface area contributed by atoms with Gasteiger partial charge in [-0.1, -0.05) is 64.6 Å². The molecule has 0 aliphatic heterocycles. The highest BCUT2D eigenvalue weighted by Gasteiger charge is 2.35. The van der Waals surface area contributed by atoms with E-state index in [4.69, 9.17) is 46.4 Å². The minimum Gasteiger partial charge on any atom is -0.362 e. The van der Waals surface area contributed by atoms with Crippen LogP contribution < -0.4 is 10.6 Å². The van der Waals surface area contributed by atoms with Gasteiger partial charge >= 0.3 is 0 Å². The summed E-state index contributed by atoms with van der Waals surface area (Å²) in [5.41, 5.74) is -0.0165. The zero-order valence-electron chi connectivity index (χ0n) is 12.4. The van der Waals surface area contributed by atoms with Crippen LogP contribution in [0, 0.1) is 10.1 Å². The molecule has 0 heterocycles. The number of benzene rings is 2. The van der Waals surface area contributed by atoms with Crippen LogP contribution in [0.1, 0.15) is 10.4 Å². The van der Waals surface area contributed by atoms with Crippen LogP contribution in [-0.4, -0.2) is 20.8 Å². The molecule has 6 nitrogen and oxygen atoms in total. The number of nitrogens with zero attached hydrogens (tertiary/aromatic N) is 1. The molecule has 0 saturated carbocycles. The summed E-state index contributed by atoms with van der Waals surface area (Å²) in [6, 6.07) is 12.0. The molecule has 0 spiro atoms. The number of anilines is 1. The smallest absolute Gasteiger partial charge is 0.282 e. The molecule has 1 atom stereocenters. The number of alkyl halides is 3. The van der Waals surface area contributed by atoms with Crippen molar-refractivity contribution in [3.05, 3.63) is 69.2 Å².